The van der Waals surface area contributed by atoms with Crippen molar-refractivity contribution in [2.24, 2.45) is 0 Å². The third kappa shape index (κ3) is 3.49. The fraction of sp³-hybridized carbons (Fsp3) is 0.579. The molecule has 1 aromatic rings. The lowest BCUT2D eigenvalue weighted by molar-refractivity contribution is -0.150. The minimum absolute atomic E-state index is 0.0222. The molecule has 0 aliphatic carbocycles. The molecule has 1 atom stereocenters. The van der Waals surface area contributed by atoms with Gasteiger partial charge in [-0.05, 0) is 38.3 Å². The van der Waals surface area contributed by atoms with Gasteiger partial charge in [0, 0.05) is 13.1 Å². The van der Waals surface area contributed by atoms with Crippen LogP contribution in [0.3, 0.4) is 0 Å². The van der Waals surface area contributed by atoms with Crippen LogP contribution in [0.25, 0.3) is 0 Å². The number of nitrogens with zero attached hydrogens (tertiary/aromatic N) is 1. The molecule has 0 aromatic heterocycles. The summed E-state index contributed by atoms with van der Waals surface area (Å²) in [6, 6.07) is 7.56. The van der Waals surface area contributed by atoms with Gasteiger partial charge in [-0.15, -0.1) is 0 Å². The summed E-state index contributed by atoms with van der Waals surface area (Å²) in [4.78, 5) is 27.1. The Bertz CT molecular complexity index is 639. The Morgan fingerprint density at radius 1 is 1.24 bits per heavy atom. The van der Waals surface area contributed by atoms with Crippen molar-refractivity contribution in [1.82, 2.24) is 4.90 Å². The summed E-state index contributed by atoms with van der Waals surface area (Å²) in [5, 5.41) is 6.47. The minimum atomic E-state index is -0.587. The number of anilines is 2. The zero-order chi connectivity index (χ0) is 17.9. The smallest absolute Gasteiger partial charge is 0.323 e. The first-order valence-electron chi connectivity index (χ1n) is 9.19. The van der Waals surface area contributed by atoms with E-state index < -0.39 is 5.54 Å². The number of hydrogen-bond acceptors (Lipinski definition) is 5. The van der Waals surface area contributed by atoms with E-state index in [-0.39, 0.29) is 17.9 Å². The number of esters is 1. The zero-order valence-electron chi connectivity index (χ0n) is 15.0. The van der Waals surface area contributed by atoms with Gasteiger partial charge in [0.2, 0.25) is 5.91 Å². The molecule has 136 valence electrons. The van der Waals surface area contributed by atoms with Gasteiger partial charge < -0.3 is 15.4 Å². The number of likely N-dealkylation sites (tertiary alicyclic amines) is 1. The molecule has 1 amide bonds. The summed E-state index contributed by atoms with van der Waals surface area (Å²) in [6.45, 7) is 5.71. The number of carbonyl (C=O) groups is 2. The first kappa shape index (κ1) is 17.7. The van der Waals surface area contributed by atoms with Crippen LogP contribution in [0.15, 0.2) is 24.3 Å². The van der Waals surface area contributed by atoms with Crippen LogP contribution in [0.4, 0.5) is 11.4 Å². The van der Waals surface area contributed by atoms with E-state index >= 15 is 0 Å². The number of nitrogens with one attached hydrogen (secondary N) is 2. The van der Waals surface area contributed by atoms with Crippen LogP contribution in [0, 0.1) is 0 Å². The predicted octanol–water partition coefficient (Wildman–Crippen LogP) is 2.62. The first-order chi connectivity index (χ1) is 12.1. The fourth-order valence-electron chi connectivity index (χ4n) is 3.79. The molecule has 1 saturated heterocycles. The summed E-state index contributed by atoms with van der Waals surface area (Å²) in [5.74, 6) is -0.124. The van der Waals surface area contributed by atoms with Gasteiger partial charge in [0.05, 0.1) is 18.0 Å². The lowest BCUT2D eigenvalue weighted by Gasteiger charge is -2.45. The van der Waals surface area contributed by atoms with E-state index in [2.05, 4.69) is 22.5 Å². The van der Waals surface area contributed by atoms with Gasteiger partial charge in [-0.2, -0.15) is 0 Å². The van der Waals surface area contributed by atoms with Gasteiger partial charge in [-0.25, -0.2) is 0 Å². The molecule has 0 radical (unpaired) electrons. The number of benzene rings is 1. The number of piperidine rings is 1. The third-order valence-electron chi connectivity index (χ3n) is 5.20. The summed E-state index contributed by atoms with van der Waals surface area (Å²) < 4.78 is 5.24. The average molecular weight is 345 g/mol. The SMILES string of the molecule is CCCC(C(=O)OCC)N1CCC2(CC1)Nc1ccccc1NC2=O. The van der Waals surface area contributed by atoms with E-state index in [0.717, 1.165) is 24.2 Å². The summed E-state index contributed by atoms with van der Waals surface area (Å²) in [5.41, 5.74) is 1.21. The molecule has 1 unspecified atom stereocenters. The van der Waals surface area contributed by atoms with Crippen LogP contribution >= 0.6 is 0 Å². The third-order valence-corrected chi connectivity index (χ3v) is 5.20. The quantitative estimate of drug-likeness (QED) is 0.803. The van der Waals surface area contributed by atoms with Crippen molar-refractivity contribution < 1.29 is 14.3 Å². The van der Waals surface area contributed by atoms with E-state index in [0.29, 0.717) is 32.5 Å². The molecule has 0 bridgehead atoms. The second kappa shape index (κ2) is 7.44. The molecule has 1 spiro atoms. The van der Waals surface area contributed by atoms with Gasteiger partial charge in [-0.3, -0.25) is 14.5 Å². The molecule has 2 aliphatic heterocycles. The second-order valence-electron chi connectivity index (χ2n) is 6.80. The number of fused-ring (bicyclic) bond motifs is 1. The van der Waals surface area contributed by atoms with Crippen molar-refractivity contribution >= 4 is 23.3 Å². The second-order valence-corrected chi connectivity index (χ2v) is 6.80. The van der Waals surface area contributed by atoms with Gasteiger partial charge in [-0.1, -0.05) is 25.5 Å². The van der Waals surface area contributed by atoms with Crippen LogP contribution in [0.1, 0.15) is 39.5 Å². The summed E-state index contributed by atoms with van der Waals surface area (Å²) >= 11 is 0. The molecule has 3 rings (SSSR count). The maximum absolute atomic E-state index is 12.7. The molecule has 2 N–H and O–H groups in total. The Morgan fingerprint density at radius 3 is 2.56 bits per heavy atom. The Balaban J connectivity index is 1.70. The zero-order valence-corrected chi connectivity index (χ0v) is 15.0. The lowest BCUT2D eigenvalue weighted by Crippen LogP contribution is -2.60. The maximum atomic E-state index is 12.7. The highest BCUT2D eigenvalue weighted by atomic mass is 16.5. The Kier molecular flexibility index (Phi) is 5.27. The Hall–Kier alpha value is -2.08. The van der Waals surface area contributed by atoms with Crippen molar-refractivity contribution in [2.45, 2.75) is 51.1 Å². The first-order valence-corrected chi connectivity index (χ1v) is 9.19. The Morgan fingerprint density at radius 2 is 1.92 bits per heavy atom. The van der Waals surface area contributed by atoms with Gasteiger partial charge in [0.1, 0.15) is 11.6 Å². The Labute approximate surface area is 148 Å². The molecule has 1 aromatic carbocycles. The summed E-state index contributed by atoms with van der Waals surface area (Å²) in [7, 11) is 0. The topological polar surface area (TPSA) is 70.7 Å². The van der Waals surface area contributed by atoms with E-state index in [1.165, 1.54) is 0 Å². The lowest BCUT2D eigenvalue weighted by atomic mass is 9.83. The largest absolute Gasteiger partial charge is 0.465 e. The van der Waals surface area contributed by atoms with Crippen LogP contribution in [-0.4, -0.2) is 48.1 Å². The number of ether oxygens (including phenoxy) is 1. The maximum Gasteiger partial charge on any atom is 0.323 e. The van der Waals surface area contributed by atoms with E-state index in [1.54, 1.807) is 0 Å². The highest BCUT2D eigenvalue weighted by Gasteiger charge is 2.45. The number of para-hydroxylation sites is 2. The number of amides is 1. The van der Waals surface area contributed by atoms with Gasteiger partial charge in [0.15, 0.2) is 0 Å². The predicted molar refractivity (Wildman–Crippen MR) is 97.6 cm³/mol. The number of rotatable bonds is 5. The standard InChI is InChI=1S/C19H27N3O3/c1-3-7-16(17(23)25-4-2)22-12-10-19(11-13-22)18(24)20-14-8-5-6-9-15(14)21-19/h5-6,8-9,16,21H,3-4,7,10-13H2,1-2H3,(H,20,24). The average Bonchev–Trinajstić information content (AvgIpc) is 2.62. The highest BCUT2D eigenvalue weighted by Crippen LogP contribution is 2.36. The molecule has 6 nitrogen and oxygen atoms in total. The van der Waals surface area contributed by atoms with Crippen molar-refractivity contribution in [3.05, 3.63) is 24.3 Å². The van der Waals surface area contributed by atoms with Crippen molar-refractivity contribution in [3.8, 4) is 0 Å². The highest BCUT2D eigenvalue weighted by molar-refractivity contribution is 6.06. The molecular weight excluding hydrogens is 318 g/mol. The molecule has 25 heavy (non-hydrogen) atoms. The monoisotopic (exact) mass is 345 g/mol. The number of hydrogen-bond donors (Lipinski definition) is 2. The molecular formula is C19H27N3O3. The van der Waals surface area contributed by atoms with Crippen LogP contribution in [0.5, 0.6) is 0 Å². The van der Waals surface area contributed by atoms with Crippen LogP contribution < -0.4 is 10.6 Å². The molecule has 0 saturated carbocycles. The van der Waals surface area contributed by atoms with E-state index in [4.69, 9.17) is 4.74 Å². The molecule has 2 heterocycles. The molecule has 6 heteroatoms. The molecule has 1 fully saturated rings. The van der Waals surface area contributed by atoms with Crippen molar-refractivity contribution in [2.75, 3.05) is 30.3 Å². The number of carbonyl (C=O) groups excluding carboxylic acids is 2. The van der Waals surface area contributed by atoms with E-state index in [9.17, 15) is 9.59 Å². The molecule has 2 aliphatic rings. The van der Waals surface area contributed by atoms with Gasteiger partial charge >= 0.3 is 5.97 Å². The van der Waals surface area contributed by atoms with Crippen molar-refractivity contribution in [1.29, 1.82) is 0 Å². The normalized spacial score (nSPS) is 20.3. The van der Waals surface area contributed by atoms with Crippen molar-refractivity contribution in [3.63, 3.8) is 0 Å². The van der Waals surface area contributed by atoms with Gasteiger partial charge in [0.25, 0.3) is 0 Å². The minimum Gasteiger partial charge on any atom is -0.465 e. The van der Waals surface area contributed by atoms with Crippen LogP contribution in [0.2, 0.25) is 0 Å². The fourth-order valence-corrected chi connectivity index (χ4v) is 3.79. The van der Waals surface area contributed by atoms with Crippen LogP contribution in [-0.2, 0) is 14.3 Å². The van der Waals surface area contributed by atoms with E-state index in [1.807, 2.05) is 31.2 Å². The summed E-state index contributed by atoms with van der Waals surface area (Å²) in [6.07, 6.45) is 3.06.